The first kappa shape index (κ1) is 11.0. The van der Waals surface area contributed by atoms with E-state index in [-0.39, 0.29) is 12.1 Å². The molecule has 1 fully saturated rings. The lowest BCUT2D eigenvalue weighted by Crippen LogP contribution is -2.37. The topological polar surface area (TPSA) is 38.3 Å². The third-order valence-electron chi connectivity index (χ3n) is 2.83. The van der Waals surface area contributed by atoms with Crippen molar-refractivity contribution in [2.24, 2.45) is 0 Å². The molecule has 1 saturated carbocycles. The van der Waals surface area contributed by atoms with Crippen LogP contribution in [-0.2, 0) is 0 Å². The van der Waals surface area contributed by atoms with E-state index in [1.54, 1.807) is 24.3 Å². The number of carbonyl (C=O) groups excluding carboxylic acids is 1. The molecule has 0 saturated heterocycles. The van der Waals surface area contributed by atoms with Gasteiger partial charge in [0.15, 0.2) is 0 Å². The molecule has 1 aliphatic carbocycles. The summed E-state index contributed by atoms with van der Waals surface area (Å²) in [7, 11) is 0. The maximum absolute atomic E-state index is 11.5. The molecule has 0 bridgehead atoms. The second kappa shape index (κ2) is 5.54. The van der Waals surface area contributed by atoms with Crippen LogP contribution in [0.2, 0.25) is 0 Å². The molecule has 3 heteroatoms. The fourth-order valence-electron chi connectivity index (χ4n) is 1.99. The van der Waals surface area contributed by atoms with Crippen LogP contribution < -0.4 is 10.1 Å². The lowest BCUT2D eigenvalue weighted by molar-refractivity contribution is 0.192. The molecule has 1 aromatic carbocycles. The summed E-state index contributed by atoms with van der Waals surface area (Å²) in [6.07, 6.45) is 5.46. The van der Waals surface area contributed by atoms with Crippen LogP contribution in [0, 0.1) is 6.07 Å². The first-order valence-electron chi connectivity index (χ1n) is 5.79. The molecule has 0 heterocycles. The highest BCUT2D eigenvalue weighted by Gasteiger charge is 2.16. The van der Waals surface area contributed by atoms with Crippen LogP contribution in [0.3, 0.4) is 0 Å². The lowest BCUT2D eigenvalue weighted by Gasteiger charge is -2.22. The van der Waals surface area contributed by atoms with Crippen LogP contribution in [0.15, 0.2) is 24.3 Å². The summed E-state index contributed by atoms with van der Waals surface area (Å²) < 4.78 is 5.15. The van der Waals surface area contributed by atoms with E-state index in [2.05, 4.69) is 11.4 Å². The largest absolute Gasteiger partial charge is 0.412 e. The Kier molecular flexibility index (Phi) is 3.81. The van der Waals surface area contributed by atoms with Crippen molar-refractivity contribution in [1.29, 1.82) is 0 Å². The van der Waals surface area contributed by atoms with Gasteiger partial charge in [0.2, 0.25) is 0 Å². The van der Waals surface area contributed by atoms with Gasteiger partial charge in [-0.1, -0.05) is 31.4 Å². The van der Waals surface area contributed by atoms with Crippen molar-refractivity contribution in [2.75, 3.05) is 0 Å². The quantitative estimate of drug-likeness (QED) is 0.828. The van der Waals surface area contributed by atoms with Crippen molar-refractivity contribution in [3.8, 4) is 5.75 Å². The molecule has 0 atom stereocenters. The highest BCUT2D eigenvalue weighted by atomic mass is 16.6. The van der Waals surface area contributed by atoms with Gasteiger partial charge in [-0.3, -0.25) is 0 Å². The van der Waals surface area contributed by atoms with Gasteiger partial charge in [-0.15, -0.1) is 0 Å². The van der Waals surface area contributed by atoms with Crippen LogP contribution in [0.4, 0.5) is 4.79 Å². The van der Waals surface area contributed by atoms with Gasteiger partial charge in [-0.2, -0.15) is 0 Å². The Morgan fingerprint density at radius 1 is 1.25 bits per heavy atom. The standard InChI is InChI=1S/C13H16NO2/c15-13(14-11-7-3-1-4-8-11)16-12-9-5-2-6-10-12/h5-6,9-11H,1,3-4,7-8H2,(H,14,15). The van der Waals surface area contributed by atoms with E-state index >= 15 is 0 Å². The predicted molar refractivity (Wildman–Crippen MR) is 61.3 cm³/mol. The molecule has 0 aromatic heterocycles. The number of rotatable bonds is 2. The van der Waals surface area contributed by atoms with Gasteiger partial charge in [0.1, 0.15) is 5.75 Å². The van der Waals surface area contributed by atoms with E-state index in [1.165, 1.54) is 19.3 Å². The second-order valence-electron chi connectivity index (χ2n) is 4.10. The SMILES string of the molecule is O=C(NC1CCCCC1)Oc1cc[c]cc1. The van der Waals surface area contributed by atoms with Crippen LogP contribution in [-0.4, -0.2) is 12.1 Å². The summed E-state index contributed by atoms with van der Waals surface area (Å²) in [5.41, 5.74) is 0. The van der Waals surface area contributed by atoms with E-state index in [9.17, 15) is 4.79 Å². The minimum absolute atomic E-state index is 0.288. The smallest absolute Gasteiger partial charge is 0.410 e. The monoisotopic (exact) mass is 218 g/mol. The minimum atomic E-state index is -0.349. The Morgan fingerprint density at radius 2 is 1.94 bits per heavy atom. The van der Waals surface area contributed by atoms with Gasteiger partial charge in [0.25, 0.3) is 0 Å². The average molecular weight is 218 g/mol. The fraction of sp³-hybridized carbons (Fsp3) is 0.462. The third kappa shape index (κ3) is 3.26. The Hall–Kier alpha value is -1.51. The van der Waals surface area contributed by atoms with Crippen LogP contribution in [0.1, 0.15) is 32.1 Å². The molecule has 0 spiro atoms. The van der Waals surface area contributed by atoms with Gasteiger partial charge in [0.05, 0.1) is 0 Å². The number of benzene rings is 1. The Labute approximate surface area is 95.8 Å². The van der Waals surface area contributed by atoms with Gasteiger partial charge in [-0.25, -0.2) is 4.79 Å². The fourth-order valence-corrected chi connectivity index (χ4v) is 1.99. The van der Waals surface area contributed by atoms with E-state index in [0.717, 1.165) is 12.8 Å². The van der Waals surface area contributed by atoms with Crippen LogP contribution in [0.25, 0.3) is 0 Å². The zero-order valence-corrected chi connectivity index (χ0v) is 9.24. The second-order valence-corrected chi connectivity index (χ2v) is 4.10. The molecule has 1 N–H and O–H groups in total. The molecular formula is C13H16NO2. The molecular weight excluding hydrogens is 202 g/mol. The summed E-state index contributed by atoms with van der Waals surface area (Å²) in [4.78, 5) is 11.5. The summed E-state index contributed by atoms with van der Waals surface area (Å²) in [6, 6.07) is 10.1. The molecule has 0 unspecified atom stereocenters. The minimum Gasteiger partial charge on any atom is -0.410 e. The van der Waals surface area contributed by atoms with Gasteiger partial charge >= 0.3 is 6.09 Å². The molecule has 0 aliphatic heterocycles. The van der Waals surface area contributed by atoms with Crippen molar-refractivity contribution in [3.05, 3.63) is 30.3 Å². The van der Waals surface area contributed by atoms with E-state index in [1.807, 2.05) is 0 Å². The van der Waals surface area contributed by atoms with Crippen molar-refractivity contribution >= 4 is 6.09 Å². The molecule has 1 radical (unpaired) electrons. The molecule has 85 valence electrons. The van der Waals surface area contributed by atoms with E-state index in [0.29, 0.717) is 5.75 Å². The van der Waals surface area contributed by atoms with Gasteiger partial charge in [-0.05, 0) is 31.0 Å². The van der Waals surface area contributed by atoms with Gasteiger partial charge < -0.3 is 10.1 Å². The average Bonchev–Trinajstić information content (AvgIpc) is 2.31. The number of ether oxygens (including phenoxy) is 1. The van der Waals surface area contributed by atoms with Crippen molar-refractivity contribution in [2.45, 2.75) is 38.1 Å². The summed E-state index contributed by atoms with van der Waals surface area (Å²) >= 11 is 0. The molecule has 1 amide bonds. The zero-order chi connectivity index (χ0) is 11.2. The maximum Gasteiger partial charge on any atom is 0.412 e. The summed E-state index contributed by atoms with van der Waals surface area (Å²) in [5.74, 6) is 0.562. The number of amides is 1. The van der Waals surface area contributed by atoms with Crippen molar-refractivity contribution in [3.63, 3.8) is 0 Å². The maximum atomic E-state index is 11.5. The van der Waals surface area contributed by atoms with Crippen molar-refractivity contribution < 1.29 is 9.53 Å². The zero-order valence-electron chi connectivity index (χ0n) is 9.24. The first-order chi connectivity index (χ1) is 7.84. The molecule has 3 nitrogen and oxygen atoms in total. The Morgan fingerprint density at radius 3 is 2.62 bits per heavy atom. The Balaban J connectivity index is 1.80. The highest BCUT2D eigenvalue weighted by Crippen LogP contribution is 2.17. The number of hydrogen-bond acceptors (Lipinski definition) is 2. The lowest BCUT2D eigenvalue weighted by atomic mass is 9.96. The summed E-state index contributed by atoms with van der Waals surface area (Å²) in [6.45, 7) is 0. The normalized spacial score (nSPS) is 16.8. The molecule has 1 aromatic rings. The number of hydrogen-bond donors (Lipinski definition) is 1. The first-order valence-corrected chi connectivity index (χ1v) is 5.79. The molecule has 1 aliphatic rings. The van der Waals surface area contributed by atoms with E-state index < -0.39 is 0 Å². The number of nitrogens with one attached hydrogen (secondary N) is 1. The number of carbonyl (C=O) groups is 1. The van der Waals surface area contributed by atoms with E-state index in [4.69, 9.17) is 4.74 Å². The van der Waals surface area contributed by atoms with Crippen LogP contribution >= 0.6 is 0 Å². The van der Waals surface area contributed by atoms with Gasteiger partial charge in [0, 0.05) is 6.04 Å². The third-order valence-corrected chi connectivity index (χ3v) is 2.83. The summed E-state index contributed by atoms with van der Waals surface area (Å²) in [5, 5.41) is 2.90. The predicted octanol–water partition coefficient (Wildman–Crippen LogP) is 2.91. The van der Waals surface area contributed by atoms with Crippen molar-refractivity contribution in [1.82, 2.24) is 5.32 Å². The Bertz CT molecular complexity index is 331. The highest BCUT2D eigenvalue weighted by molar-refractivity contribution is 5.70. The van der Waals surface area contributed by atoms with Crippen LogP contribution in [0.5, 0.6) is 5.75 Å². The molecule has 2 rings (SSSR count). The molecule has 16 heavy (non-hydrogen) atoms.